The predicted octanol–water partition coefficient (Wildman–Crippen LogP) is 3.43. The van der Waals surface area contributed by atoms with E-state index in [4.69, 9.17) is 14.2 Å². The van der Waals surface area contributed by atoms with Crippen molar-refractivity contribution in [1.82, 2.24) is 0 Å². The number of nitrogens with one attached hydrogen (secondary N) is 1. The molecule has 126 valence electrons. The van der Waals surface area contributed by atoms with Gasteiger partial charge in [-0.3, -0.25) is 4.79 Å². The van der Waals surface area contributed by atoms with E-state index < -0.39 is 0 Å². The molecule has 5 heteroatoms. The van der Waals surface area contributed by atoms with Gasteiger partial charge in [0.1, 0.15) is 23.4 Å². The number of carbonyl (C=O) groups excluding carboxylic acids is 1. The summed E-state index contributed by atoms with van der Waals surface area (Å²) in [7, 11) is 0. The predicted molar refractivity (Wildman–Crippen MR) is 92.0 cm³/mol. The van der Waals surface area contributed by atoms with Crippen molar-refractivity contribution in [2.45, 2.75) is 26.4 Å². The number of amides is 1. The molecule has 3 rings (SSSR count). The highest BCUT2D eigenvalue weighted by atomic mass is 16.5. The van der Waals surface area contributed by atoms with E-state index in [-0.39, 0.29) is 18.6 Å². The lowest BCUT2D eigenvalue weighted by Crippen LogP contribution is -2.20. The van der Waals surface area contributed by atoms with Crippen molar-refractivity contribution in [2.75, 3.05) is 18.5 Å². The first-order valence-corrected chi connectivity index (χ1v) is 8.09. The maximum Gasteiger partial charge on any atom is 0.262 e. The summed E-state index contributed by atoms with van der Waals surface area (Å²) in [6.07, 6.45) is 0.989. The maximum absolute atomic E-state index is 12.2. The van der Waals surface area contributed by atoms with Gasteiger partial charge in [-0.1, -0.05) is 18.2 Å². The van der Waals surface area contributed by atoms with Gasteiger partial charge in [0, 0.05) is 18.1 Å². The third-order valence-corrected chi connectivity index (χ3v) is 3.69. The third kappa shape index (κ3) is 3.79. The molecule has 1 aliphatic rings. The van der Waals surface area contributed by atoms with Gasteiger partial charge in [0.2, 0.25) is 0 Å². The minimum atomic E-state index is -0.245. The number of para-hydroxylation sites is 1. The zero-order valence-corrected chi connectivity index (χ0v) is 13.9. The number of rotatable bonds is 6. The molecular weight excluding hydrogens is 306 g/mol. The van der Waals surface area contributed by atoms with Gasteiger partial charge in [0.25, 0.3) is 5.91 Å². The highest BCUT2D eigenvalue weighted by Gasteiger charge is 2.22. The Hall–Kier alpha value is -2.69. The molecule has 1 atom stereocenters. The van der Waals surface area contributed by atoms with Gasteiger partial charge in [0.05, 0.1) is 12.3 Å². The molecule has 0 bridgehead atoms. The summed E-state index contributed by atoms with van der Waals surface area (Å²) in [5, 5.41) is 2.84. The molecule has 0 saturated carbocycles. The smallest absolute Gasteiger partial charge is 0.262 e. The molecule has 0 unspecified atom stereocenters. The van der Waals surface area contributed by atoms with Crippen LogP contribution in [0.2, 0.25) is 0 Å². The number of carbonyl (C=O) groups is 1. The van der Waals surface area contributed by atoms with Gasteiger partial charge in [-0.25, -0.2) is 0 Å². The highest BCUT2D eigenvalue weighted by Crippen LogP contribution is 2.38. The van der Waals surface area contributed by atoms with E-state index in [1.54, 1.807) is 0 Å². The summed E-state index contributed by atoms with van der Waals surface area (Å²) in [5.74, 6) is 1.86. The van der Waals surface area contributed by atoms with Gasteiger partial charge in [-0.2, -0.15) is 0 Å². The second kappa shape index (κ2) is 7.25. The molecular formula is C19H21NO4. The van der Waals surface area contributed by atoms with E-state index in [1.807, 2.05) is 56.3 Å². The third-order valence-electron chi connectivity index (χ3n) is 3.69. The van der Waals surface area contributed by atoms with Crippen LogP contribution in [0.4, 0.5) is 5.69 Å². The molecule has 0 spiro atoms. The van der Waals surface area contributed by atoms with Crippen molar-refractivity contribution in [3.63, 3.8) is 0 Å². The Bertz CT molecular complexity index is 715. The molecule has 0 aliphatic carbocycles. The van der Waals surface area contributed by atoms with E-state index in [1.165, 1.54) is 0 Å². The summed E-state index contributed by atoms with van der Waals surface area (Å²) in [4.78, 5) is 12.2. The summed E-state index contributed by atoms with van der Waals surface area (Å²) in [5.41, 5.74) is 1.70. The fourth-order valence-corrected chi connectivity index (χ4v) is 2.66. The first-order valence-electron chi connectivity index (χ1n) is 8.09. The molecule has 2 aromatic carbocycles. The molecule has 0 fully saturated rings. The van der Waals surface area contributed by atoms with Crippen molar-refractivity contribution in [3.8, 4) is 17.2 Å². The molecule has 0 saturated heterocycles. The normalized spacial score (nSPS) is 15.3. The zero-order valence-electron chi connectivity index (χ0n) is 13.9. The Kier molecular flexibility index (Phi) is 4.89. The maximum atomic E-state index is 12.2. The van der Waals surface area contributed by atoms with Crippen LogP contribution in [0.3, 0.4) is 0 Å². The lowest BCUT2D eigenvalue weighted by molar-refractivity contribution is -0.118. The SMILES string of the molecule is CCOc1cc2c(cc1NC(=O)COc1ccccc1)O[C@@H](C)C2. The number of benzene rings is 2. The summed E-state index contributed by atoms with van der Waals surface area (Å²) in [6, 6.07) is 13.0. The number of hydrogen-bond donors (Lipinski definition) is 1. The quantitative estimate of drug-likeness (QED) is 0.883. The largest absolute Gasteiger partial charge is 0.492 e. The van der Waals surface area contributed by atoms with Crippen LogP contribution in [-0.2, 0) is 11.2 Å². The van der Waals surface area contributed by atoms with E-state index in [2.05, 4.69) is 5.32 Å². The van der Waals surface area contributed by atoms with Crippen molar-refractivity contribution in [3.05, 3.63) is 48.0 Å². The molecule has 0 radical (unpaired) electrons. The number of hydrogen-bond acceptors (Lipinski definition) is 4. The van der Waals surface area contributed by atoms with E-state index in [9.17, 15) is 4.79 Å². The highest BCUT2D eigenvalue weighted by molar-refractivity contribution is 5.93. The first-order chi connectivity index (χ1) is 11.7. The second-order valence-corrected chi connectivity index (χ2v) is 5.67. The molecule has 1 aliphatic heterocycles. The topological polar surface area (TPSA) is 56.8 Å². The Morgan fingerprint density at radius 2 is 2.04 bits per heavy atom. The molecule has 1 amide bonds. The Balaban J connectivity index is 1.69. The van der Waals surface area contributed by atoms with Crippen LogP contribution < -0.4 is 19.5 Å². The van der Waals surface area contributed by atoms with Crippen molar-refractivity contribution < 1.29 is 19.0 Å². The second-order valence-electron chi connectivity index (χ2n) is 5.67. The number of anilines is 1. The minimum Gasteiger partial charge on any atom is -0.492 e. The van der Waals surface area contributed by atoms with E-state index >= 15 is 0 Å². The van der Waals surface area contributed by atoms with Gasteiger partial charge in [0.15, 0.2) is 6.61 Å². The minimum absolute atomic E-state index is 0.0656. The fraction of sp³-hybridized carbons (Fsp3) is 0.316. The number of fused-ring (bicyclic) bond motifs is 1. The molecule has 0 aromatic heterocycles. The lowest BCUT2D eigenvalue weighted by atomic mass is 10.1. The molecule has 24 heavy (non-hydrogen) atoms. The standard InChI is InChI=1S/C19H21NO4/c1-3-22-18-10-14-9-13(2)24-17(14)11-16(18)20-19(21)12-23-15-7-5-4-6-8-15/h4-8,10-11,13H,3,9,12H2,1-2H3,(H,20,21)/t13-/m0/s1. The molecule has 2 aromatic rings. The van der Waals surface area contributed by atoms with E-state index in [0.717, 1.165) is 17.7 Å². The first kappa shape index (κ1) is 16.2. The van der Waals surface area contributed by atoms with Crippen molar-refractivity contribution in [2.24, 2.45) is 0 Å². The van der Waals surface area contributed by atoms with E-state index in [0.29, 0.717) is 23.8 Å². The summed E-state index contributed by atoms with van der Waals surface area (Å²) >= 11 is 0. The van der Waals surface area contributed by atoms with Crippen LogP contribution in [0.5, 0.6) is 17.2 Å². The van der Waals surface area contributed by atoms with Crippen LogP contribution in [-0.4, -0.2) is 25.2 Å². The lowest BCUT2D eigenvalue weighted by Gasteiger charge is -2.14. The summed E-state index contributed by atoms with van der Waals surface area (Å²) < 4.78 is 16.9. The molecule has 5 nitrogen and oxygen atoms in total. The van der Waals surface area contributed by atoms with Crippen LogP contribution in [0.1, 0.15) is 19.4 Å². The van der Waals surface area contributed by atoms with Gasteiger partial charge in [-0.05, 0) is 32.0 Å². The molecule has 1 N–H and O–H groups in total. The van der Waals surface area contributed by atoms with Crippen LogP contribution >= 0.6 is 0 Å². The van der Waals surface area contributed by atoms with Crippen molar-refractivity contribution >= 4 is 11.6 Å². The molecule has 1 heterocycles. The zero-order chi connectivity index (χ0) is 16.9. The summed E-state index contributed by atoms with van der Waals surface area (Å²) in [6.45, 7) is 4.39. The Labute approximate surface area is 141 Å². The fourth-order valence-electron chi connectivity index (χ4n) is 2.66. The van der Waals surface area contributed by atoms with Crippen LogP contribution in [0.15, 0.2) is 42.5 Å². The Morgan fingerprint density at radius 3 is 2.79 bits per heavy atom. The number of ether oxygens (including phenoxy) is 3. The van der Waals surface area contributed by atoms with Crippen LogP contribution in [0, 0.1) is 0 Å². The van der Waals surface area contributed by atoms with Crippen molar-refractivity contribution in [1.29, 1.82) is 0 Å². The monoisotopic (exact) mass is 327 g/mol. The van der Waals surface area contributed by atoms with Gasteiger partial charge < -0.3 is 19.5 Å². The van der Waals surface area contributed by atoms with Gasteiger partial charge in [-0.15, -0.1) is 0 Å². The average Bonchev–Trinajstić information content (AvgIpc) is 2.93. The van der Waals surface area contributed by atoms with Crippen LogP contribution in [0.25, 0.3) is 0 Å². The Morgan fingerprint density at radius 1 is 1.25 bits per heavy atom. The average molecular weight is 327 g/mol. The van der Waals surface area contributed by atoms with Gasteiger partial charge >= 0.3 is 0 Å².